The van der Waals surface area contributed by atoms with E-state index < -0.39 is 11.9 Å². The maximum absolute atomic E-state index is 12.0. The van der Waals surface area contributed by atoms with Gasteiger partial charge >= 0.3 is 11.9 Å². The highest BCUT2D eigenvalue weighted by Crippen LogP contribution is 2.17. The molecule has 0 saturated carbocycles. The van der Waals surface area contributed by atoms with Crippen LogP contribution in [-0.4, -0.2) is 11.9 Å². The van der Waals surface area contributed by atoms with Crippen LogP contribution in [0.4, 0.5) is 0 Å². The highest BCUT2D eigenvalue weighted by molar-refractivity contribution is 5.92. The summed E-state index contributed by atoms with van der Waals surface area (Å²) in [6.45, 7) is 5.05. The van der Waals surface area contributed by atoms with E-state index in [-0.39, 0.29) is 11.3 Å². The molecule has 0 aliphatic heterocycles. The van der Waals surface area contributed by atoms with Crippen molar-refractivity contribution in [3.8, 4) is 11.5 Å². The van der Waals surface area contributed by atoms with Crippen LogP contribution in [0.3, 0.4) is 0 Å². The second-order valence-electron chi connectivity index (χ2n) is 4.40. The van der Waals surface area contributed by atoms with Crippen LogP contribution >= 0.6 is 0 Å². The number of ether oxygens (including phenoxy) is 2. The van der Waals surface area contributed by atoms with E-state index in [9.17, 15) is 9.59 Å². The second-order valence-corrected chi connectivity index (χ2v) is 4.40. The molecule has 2 rings (SSSR count). The first kappa shape index (κ1) is 14.5. The average Bonchev–Trinajstić information content (AvgIpc) is 2.48. The number of carbonyl (C=O) groups is 2. The topological polar surface area (TPSA) is 52.6 Å². The van der Waals surface area contributed by atoms with Crippen molar-refractivity contribution in [2.24, 2.45) is 0 Å². The van der Waals surface area contributed by atoms with E-state index in [1.165, 1.54) is 6.07 Å². The molecule has 0 heterocycles. The smallest absolute Gasteiger partial charge is 0.343 e. The molecule has 2 aromatic carbocycles. The van der Waals surface area contributed by atoms with Gasteiger partial charge in [-0.25, -0.2) is 9.59 Å². The van der Waals surface area contributed by atoms with Gasteiger partial charge in [-0.3, -0.25) is 0 Å². The summed E-state index contributed by atoms with van der Waals surface area (Å²) < 4.78 is 10.3. The summed E-state index contributed by atoms with van der Waals surface area (Å²) in [4.78, 5) is 23.5. The minimum Gasteiger partial charge on any atom is -0.423 e. The van der Waals surface area contributed by atoms with Crippen molar-refractivity contribution in [1.82, 2.24) is 0 Å². The van der Waals surface area contributed by atoms with Gasteiger partial charge in [-0.1, -0.05) is 30.8 Å². The summed E-state index contributed by atoms with van der Waals surface area (Å²) in [6.07, 6.45) is 0. The summed E-state index contributed by atoms with van der Waals surface area (Å²) in [5.41, 5.74) is 0.582. The minimum atomic E-state index is -0.538. The molecule has 0 amide bonds. The molecular weight excluding hydrogens is 268 g/mol. The molecule has 0 aliphatic rings. The number of benzene rings is 2. The zero-order valence-corrected chi connectivity index (χ0v) is 11.5. The lowest BCUT2D eigenvalue weighted by atomic mass is 10.2. The first-order valence-corrected chi connectivity index (χ1v) is 6.31. The number of esters is 2. The third-order valence-electron chi connectivity index (χ3n) is 2.58. The first-order valence-electron chi connectivity index (χ1n) is 6.31. The predicted molar refractivity (Wildman–Crippen MR) is 78.3 cm³/mol. The van der Waals surface area contributed by atoms with Gasteiger partial charge in [-0.2, -0.15) is 0 Å². The second kappa shape index (κ2) is 6.52. The van der Waals surface area contributed by atoms with Gasteiger partial charge in [0.15, 0.2) is 0 Å². The molecular formula is C17H14O4. The Labute approximate surface area is 122 Å². The zero-order valence-electron chi connectivity index (χ0n) is 11.5. The van der Waals surface area contributed by atoms with Crippen molar-refractivity contribution in [1.29, 1.82) is 0 Å². The number of hydrogen-bond acceptors (Lipinski definition) is 4. The van der Waals surface area contributed by atoms with Crippen LogP contribution in [0.2, 0.25) is 0 Å². The Kier molecular flexibility index (Phi) is 4.51. The summed E-state index contributed by atoms with van der Waals surface area (Å²) in [7, 11) is 0. The van der Waals surface area contributed by atoms with Crippen molar-refractivity contribution >= 4 is 11.9 Å². The largest absolute Gasteiger partial charge is 0.423 e. The van der Waals surface area contributed by atoms with Crippen LogP contribution in [0.15, 0.2) is 66.7 Å². The number of para-hydroxylation sites is 1. The van der Waals surface area contributed by atoms with E-state index in [0.29, 0.717) is 11.3 Å². The zero-order chi connectivity index (χ0) is 15.2. The predicted octanol–water partition coefficient (Wildman–Crippen LogP) is 3.39. The molecule has 0 saturated heterocycles. The van der Waals surface area contributed by atoms with Gasteiger partial charge in [0.1, 0.15) is 11.5 Å². The Balaban J connectivity index is 2.11. The molecule has 0 N–H and O–H groups in total. The SMILES string of the molecule is C=C(C)C(=O)Oc1cccc(C(=O)Oc2ccccc2)c1. The Morgan fingerprint density at radius 2 is 1.57 bits per heavy atom. The van der Waals surface area contributed by atoms with Gasteiger partial charge in [0.2, 0.25) is 0 Å². The molecule has 4 nitrogen and oxygen atoms in total. The Hall–Kier alpha value is -2.88. The molecule has 0 unspecified atom stereocenters. The highest BCUT2D eigenvalue weighted by Gasteiger charge is 2.11. The maximum Gasteiger partial charge on any atom is 0.343 e. The van der Waals surface area contributed by atoms with Crippen molar-refractivity contribution in [3.05, 3.63) is 72.3 Å². The van der Waals surface area contributed by atoms with Gasteiger partial charge in [0.25, 0.3) is 0 Å². The Morgan fingerprint density at radius 1 is 0.905 bits per heavy atom. The minimum absolute atomic E-state index is 0.269. The van der Waals surface area contributed by atoms with Gasteiger partial charge in [0, 0.05) is 5.57 Å². The van der Waals surface area contributed by atoms with Crippen LogP contribution < -0.4 is 9.47 Å². The van der Waals surface area contributed by atoms with E-state index in [2.05, 4.69) is 6.58 Å². The molecule has 21 heavy (non-hydrogen) atoms. The quantitative estimate of drug-likeness (QED) is 0.490. The molecule has 0 radical (unpaired) electrons. The molecule has 106 valence electrons. The molecule has 0 bridgehead atoms. The molecule has 0 fully saturated rings. The van der Waals surface area contributed by atoms with Crippen molar-refractivity contribution in [3.63, 3.8) is 0 Å². The van der Waals surface area contributed by atoms with Crippen molar-refractivity contribution in [2.75, 3.05) is 0 Å². The lowest BCUT2D eigenvalue weighted by Crippen LogP contribution is -2.11. The summed E-state index contributed by atoms with van der Waals surface area (Å²) in [5.74, 6) is -0.338. The van der Waals surface area contributed by atoms with Crippen molar-refractivity contribution < 1.29 is 19.1 Å². The van der Waals surface area contributed by atoms with Gasteiger partial charge in [0.05, 0.1) is 5.56 Å². The fourth-order valence-corrected chi connectivity index (χ4v) is 1.54. The third kappa shape index (κ3) is 4.04. The Morgan fingerprint density at radius 3 is 2.24 bits per heavy atom. The molecule has 0 aromatic heterocycles. The maximum atomic E-state index is 12.0. The molecule has 2 aromatic rings. The van der Waals surface area contributed by atoms with E-state index >= 15 is 0 Å². The lowest BCUT2D eigenvalue weighted by Gasteiger charge is -2.07. The van der Waals surface area contributed by atoms with E-state index in [0.717, 1.165) is 0 Å². The van der Waals surface area contributed by atoms with Gasteiger partial charge < -0.3 is 9.47 Å². The van der Waals surface area contributed by atoms with E-state index in [4.69, 9.17) is 9.47 Å². The Bertz CT molecular complexity index is 674. The lowest BCUT2D eigenvalue weighted by molar-refractivity contribution is -0.130. The van der Waals surface area contributed by atoms with Crippen molar-refractivity contribution in [2.45, 2.75) is 6.92 Å². The number of carbonyl (C=O) groups excluding carboxylic acids is 2. The normalized spacial score (nSPS) is 9.76. The number of rotatable bonds is 4. The molecule has 0 spiro atoms. The number of hydrogen-bond donors (Lipinski definition) is 0. The standard InChI is InChI=1S/C17H14O4/c1-12(2)16(18)21-15-10-6-7-13(11-15)17(19)20-14-8-4-3-5-9-14/h3-11H,1H2,2H3. The van der Waals surface area contributed by atoms with Crippen LogP contribution in [0, 0.1) is 0 Å². The van der Waals surface area contributed by atoms with Crippen LogP contribution in [-0.2, 0) is 4.79 Å². The monoisotopic (exact) mass is 282 g/mol. The van der Waals surface area contributed by atoms with Gasteiger partial charge in [-0.15, -0.1) is 0 Å². The van der Waals surface area contributed by atoms with Crippen LogP contribution in [0.1, 0.15) is 17.3 Å². The average molecular weight is 282 g/mol. The molecule has 0 atom stereocenters. The van der Waals surface area contributed by atoms with E-state index in [1.54, 1.807) is 49.4 Å². The highest BCUT2D eigenvalue weighted by atomic mass is 16.5. The molecule has 4 heteroatoms. The van der Waals surface area contributed by atoms with Crippen LogP contribution in [0.5, 0.6) is 11.5 Å². The summed E-state index contributed by atoms with van der Waals surface area (Å²) in [5, 5.41) is 0. The summed E-state index contributed by atoms with van der Waals surface area (Å²) >= 11 is 0. The molecule has 0 aliphatic carbocycles. The van der Waals surface area contributed by atoms with Crippen LogP contribution in [0.25, 0.3) is 0 Å². The fourth-order valence-electron chi connectivity index (χ4n) is 1.54. The summed E-state index contributed by atoms with van der Waals surface area (Å²) in [6, 6.07) is 15.0. The van der Waals surface area contributed by atoms with Gasteiger partial charge in [-0.05, 0) is 37.3 Å². The van der Waals surface area contributed by atoms with E-state index in [1.807, 2.05) is 6.07 Å². The first-order chi connectivity index (χ1) is 10.1. The fraction of sp³-hybridized carbons (Fsp3) is 0.0588. The third-order valence-corrected chi connectivity index (χ3v) is 2.58.